The fourth-order valence-electron chi connectivity index (χ4n) is 3.01. The number of carbonyl (C=O) groups excluding carboxylic acids is 1. The number of nitrogens with zero attached hydrogens (tertiary/aromatic N) is 3. The van der Waals surface area contributed by atoms with Crippen LogP contribution in [0.15, 0.2) is 16.8 Å². The number of hydrogen-bond acceptors (Lipinski definition) is 5. The zero-order valence-corrected chi connectivity index (χ0v) is 12.9. The summed E-state index contributed by atoms with van der Waals surface area (Å²) in [5, 5.41) is 7.13. The lowest BCUT2D eigenvalue weighted by Crippen LogP contribution is -2.40. The van der Waals surface area contributed by atoms with Gasteiger partial charge in [-0.25, -0.2) is 4.98 Å². The van der Waals surface area contributed by atoms with Crippen LogP contribution in [0.4, 0.5) is 0 Å². The fourth-order valence-corrected chi connectivity index (χ4v) is 3.01. The van der Waals surface area contributed by atoms with E-state index in [0.717, 1.165) is 24.8 Å². The maximum atomic E-state index is 12.4. The van der Waals surface area contributed by atoms with Crippen molar-refractivity contribution in [2.45, 2.75) is 32.2 Å². The van der Waals surface area contributed by atoms with Crippen LogP contribution in [-0.4, -0.2) is 33.3 Å². The number of nitrogens with two attached hydrogens (primary N) is 1. The topological polar surface area (TPSA) is 99.0 Å². The van der Waals surface area contributed by atoms with Crippen LogP contribution in [-0.2, 0) is 7.05 Å². The van der Waals surface area contributed by atoms with Crippen molar-refractivity contribution in [3.8, 4) is 11.5 Å². The normalized spacial score (nSPS) is 21.2. The SMILES string of the molecule is Cc1oc(-c2cnn(C)c2)nc1C(=O)NC1CCCC1CN. The van der Waals surface area contributed by atoms with Crippen molar-refractivity contribution in [2.24, 2.45) is 18.7 Å². The second-order valence-electron chi connectivity index (χ2n) is 5.83. The standard InChI is InChI=1S/C15H21N5O2/c1-9-13(14(21)18-12-5-3-4-10(12)6-16)19-15(22-9)11-7-17-20(2)8-11/h7-8,10,12H,3-6,16H2,1-2H3,(H,18,21). The van der Waals surface area contributed by atoms with Crippen molar-refractivity contribution in [1.82, 2.24) is 20.1 Å². The van der Waals surface area contributed by atoms with Crippen molar-refractivity contribution in [1.29, 1.82) is 0 Å². The van der Waals surface area contributed by atoms with E-state index >= 15 is 0 Å². The van der Waals surface area contributed by atoms with Gasteiger partial charge in [0.2, 0.25) is 5.89 Å². The van der Waals surface area contributed by atoms with Crippen LogP contribution in [0.2, 0.25) is 0 Å². The molecule has 2 aromatic heterocycles. The quantitative estimate of drug-likeness (QED) is 0.885. The number of carbonyl (C=O) groups is 1. The zero-order valence-electron chi connectivity index (χ0n) is 12.9. The highest BCUT2D eigenvalue weighted by Crippen LogP contribution is 2.26. The highest BCUT2D eigenvalue weighted by molar-refractivity contribution is 5.93. The smallest absolute Gasteiger partial charge is 0.273 e. The van der Waals surface area contributed by atoms with E-state index in [2.05, 4.69) is 15.4 Å². The van der Waals surface area contributed by atoms with E-state index in [9.17, 15) is 4.79 Å². The van der Waals surface area contributed by atoms with Crippen LogP contribution in [0, 0.1) is 12.8 Å². The first-order valence-corrected chi connectivity index (χ1v) is 7.56. The molecular formula is C15H21N5O2. The van der Waals surface area contributed by atoms with E-state index in [1.165, 1.54) is 0 Å². The first-order chi connectivity index (χ1) is 10.6. The minimum Gasteiger partial charge on any atom is -0.440 e. The van der Waals surface area contributed by atoms with E-state index < -0.39 is 0 Å². The van der Waals surface area contributed by atoms with Gasteiger partial charge < -0.3 is 15.5 Å². The summed E-state index contributed by atoms with van der Waals surface area (Å²) in [4.78, 5) is 16.8. The lowest BCUT2D eigenvalue weighted by molar-refractivity contribution is 0.0923. The van der Waals surface area contributed by atoms with Gasteiger partial charge in [0.15, 0.2) is 5.69 Å². The van der Waals surface area contributed by atoms with Gasteiger partial charge in [-0.05, 0) is 32.2 Å². The van der Waals surface area contributed by atoms with Gasteiger partial charge in [-0.3, -0.25) is 9.48 Å². The summed E-state index contributed by atoms with van der Waals surface area (Å²) in [7, 11) is 1.82. The molecule has 7 nitrogen and oxygen atoms in total. The summed E-state index contributed by atoms with van der Waals surface area (Å²) in [6, 6.07) is 0.135. The van der Waals surface area contributed by atoms with Crippen LogP contribution < -0.4 is 11.1 Å². The Balaban J connectivity index is 1.77. The van der Waals surface area contributed by atoms with Gasteiger partial charge >= 0.3 is 0 Å². The third kappa shape index (κ3) is 2.76. The number of aromatic nitrogens is 3. The summed E-state index contributed by atoms with van der Waals surface area (Å²) in [5.74, 6) is 1.09. The van der Waals surface area contributed by atoms with Crippen molar-refractivity contribution >= 4 is 5.91 Å². The fraction of sp³-hybridized carbons (Fsp3) is 0.533. The van der Waals surface area contributed by atoms with Crippen molar-refractivity contribution < 1.29 is 9.21 Å². The number of amides is 1. The number of aryl methyl sites for hydroxylation is 2. The van der Waals surface area contributed by atoms with E-state index in [4.69, 9.17) is 10.2 Å². The van der Waals surface area contributed by atoms with Gasteiger partial charge in [0.1, 0.15) is 5.76 Å². The number of oxazole rings is 1. The van der Waals surface area contributed by atoms with Gasteiger partial charge in [0.25, 0.3) is 5.91 Å². The van der Waals surface area contributed by atoms with E-state index in [1.54, 1.807) is 24.0 Å². The van der Waals surface area contributed by atoms with Crippen LogP contribution >= 0.6 is 0 Å². The summed E-state index contributed by atoms with van der Waals surface area (Å²) < 4.78 is 7.27. The lowest BCUT2D eigenvalue weighted by atomic mass is 10.0. The summed E-state index contributed by atoms with van der Waals surface area (Å²) in [5.41, 5.74) is 6.85. The van der Waals surface area contributed by atoms with Crippen molar-refractivity contribution in [3.63, 3.8) is 0 Å². The molecule has 0 aliphatic heterocycles. The summed E-state index contributed by atoms with van der Waals surface area (Å²) in [6.45, 7) is 2.35. The molecule has 0 radical (unpaired) electrons. The van der Waals surface area contributed by atoms with Crippen molar-refractivity contribution in [2.75, 3.05) is 6.54 Å². The molecule has 2 aromatic rings. The second-order valence-corrected chi connectivity index (χ2v) is 5.83. The first-order valence-electron chi connectivity index (χ1n) is 7.56. The third-order valence-corrected chi connectivity index (χ3v) is 4.24. The molecule has 1 aliphatic rings. The molecule has 2 unspecified atom stereocenters. The molecule has 7 heteroatoms. The second kappa shape index (κ2) is 5.92. The molecule has 118 valence electrons. The van der Waals surface area contributed by atoms with Gasteiger partial charge in [0, 0.05) is 19.3 Å². The maximum absolute atomic E-state index is 12.4. The molecule has 1 aliphatic carbocycles. The number of rotatable bonds is 4. The molecule has 0 saturated heterocycles. The molecule has 22 heavy (non-hydrogen) atoms. The Morgan fingerprint density at radius 1 is 1.55 bits per heavy atom. The molecule has 0 aromatic carbocycles. The molecule has 2 atom stereocenters. The average molecular weight is 303 g/mol. The monoisotopic (exact) mass is 303 g/mol. The average Bonchev–Trinajstić information content (AvgIpc) is 3.18. The molecule has 1 saturated carbocycles. The number of hydrogen-bond donors (Lipinski definition) is 2. The predicted octanol–water partition coefficient (Wildman–Crippen LogP) is 1.24. The molecule has 3 rings (SSSR count). The van der Waals surface area contributed by atoms with E-state index in [0.29, 0.717) is 29.8 Å². The molecule has 0 bridgehead atoms. The van der Waals surface area contributed by atoms with E-state index in [1.807, 2.05) is 7.05 Å². The Bertz CT molecular complexity index is 675. The highest BCUT2D eigenvalue weighted by atomic mass is 16.4. The van der Waals surface area contributed by atoms with Gasteiger partial charge in [0.05, 0.1) is 11.8 Å². The molecule has 1 fully saturated rings. The Kier molecular flexibility index (Phi) is 3.98. The Morgan fingerprint density at radius 3 is 3.05 bits per heavy atom. The Hall–Kier alpha value is -2.15. The molecule has 2 heterocycles. The van der Waals surface area contributed by atoms with Crippen molar-refractivity contribution in [3.05, 3.63) is 23.8 Å². The zero-order chi connectivity index (χ0) is 15.7. The van der Waals surface area contributed by atoms with Crippen LogP contribution in [0.3, 0.4) is 0 Å². The minimum atomic E-state index is -0.193. The summed E-state index contributed by atoms with van der Waals surface area (Å²) in [6.07, 6.45) is 6.61. The lowest BCUT2D eigenvalue weighted by Gasteiger charge is -2.18. The molecule has 3 N–H and O–H groups in total. The third-order valence-electron chi connectivity index (χ3n) is 4.24. The predicted molar refractivity (Wildman–Crippen MR) is 81.1 cm³/mol. The highest BCUT2D eigenvalue weighted by Gasteiger charge is 2.29. The Morgan fingerprint density at radius 2 is 2.36 bits per heavy atom. The van der Waals surface area contributed by atoms with Crippen LogP contribution in [0.5, 0.6) is 0 Å². The minimum absolute atomic E-state index is 0.135. The molecular weight excluding hydrogens is 282 g/mol. The number of nitrogens with one attached hydrogen (secondary N) is 1. The Labute approximate surface area is 128 Å². The largest absolute Gasteiger partial charge is 0.440 e. The van der Waals surface area contributed by atoms with Gasteiger partial charge in [-0.2, -0.15) is 5.10 Å². The first kappa shape index (κ1) is 14.8. The van der Waals surface area contributed by atoms with Gasteiger partial charge in [-0.15, -0.1) is 0 Å². The van der Waals surface area contributed by atoms with Crippen LogP contribution in [0.1, 0.15) is 35.5 Å². The maximum Gasteiger partial charge on any atom is 0.273 e. The summed E-state index contributed by atoms with van der Waals surface area (Å²) >= 11 is 0. The van der Waals surface area contributed by atoms with Gasteiger partial charge in [-0.1, -0.05) is 6.42 Å². The molecule has 1 amide bonds. The molecule has 0 spiro atoms. The van der Waals surface area contributed by atoms with Crippen LogP contribution in [0.25, 0.3) is 11.5 Å². The van der Waals surface area contributed by atoms with E-state index in [-0.39, 0.29) is 11.9 Å².